The second kappa shape index (κ2) is 4.65. The summed E-state index contributed by atoms with van der Waals surface area (Å²) in [5.41, 5.74) is 11.8. The summed E-state index contributed by atoms with van der Waals surface area (Å²) >= 11 is 0. The van der Waals surface area contributed by atoms with Crippen LogP contribution < -0.4 is 16.8 Å². The predicted molar refractivity (Wildman–Crippen MR) is 64.8 cm³/mol. The van der Waals surface area contributed by atoms with Crippen LogP contribution in [0.15, 0.2) is 12.3 Å². The minimum atomic E-state index is 0.166. The molecule has 3 atom stereocenters. The highest BCUT2D eigenvalue weighted by Crippen LogP contribution is 2.24. The van der Waals surface area contributed by atoms with Crippen molar-refractivity contribution in [3.8, 4) is 0 Å². The molecule has 0 amide bonds. The van der Waals surface area contributed by atoms with Gasteiger partial charge in [-0.25, -0.2) is 4.98 Å². The van der Waals surface area contributed by atoms with Crippen molar-refractivity contribution in [3.05, 3.63) is 12.3 Å². The molecule has 88 valence electrons. The van der Waals surface area contributed by atoms with Gasteiger partial charge in [-0.05, 0) is 24.8 Å². The maximum atomic E-state index is 6.16. The molecule has 1 heterocycles. The van der Waals surface area contributed by atoms with Gasteiger partial charge in [-0.3, -0.25) is 0 Å². The predicted octanol–water partition coefficient (Wildman–Crippen LogP) is 0.987. The van der Waals surface area contributed by atoms with Crippen molar-refractivity contribution in [2.75, 3.05) is 11.1 Å². The van der Waals surface area contributed by atoms with Gasteiger partial charge in [0.25, 0.3) is 0 Å². The third-order valence-corrected chi connectivity index (χ3v) is 3.29. The Labute approximate surface area is 95.6 Å². The molecule has 5 heteroatoms. The number of rotatable bonds is 2. The number of nitrogens with two attached hydrogens (primary N) is 2. The van der Waals surface area contributed by atoms with Gasteiger partial charge in [0, 0.05) is 18.3 Å². The molecule has 16 heavy (non-hydrogen) atoms. The smallest absolute Gasteiger partial charge is 0.224 e. The summed E-state index contributed by atoms with van der Waals surface area (Å²) in [5.74, 6) is 1.61. The molecular formula is C11H19N5. The molecule has 0 radical (unpaired) electrons. The Bertz CT molecular complexity index is 354. The third-order valence-electron chi connectivity index (χ3n) is 3.29. The van der Waals surface area contributed by atoms with Gasteiger partial charge in [-0.15, -0.1) is 0 Å². The Morgan fingerprint density at radius 1 is 1.44 bits per heavy atom. The van der Waals surface area contributed by atoms with E-state index in [1.165, 1.54) is 12.8 Å². The first-order valence-corrected chi connectivity index (χ1v) is 5.77. The second-order valence-corrected chi connectivity index (χ2v) is 4.54. The Morgan fingerprint density at radius 2 is 2.25 bits per heavy atom. The van der Waals surface area contributed by atoms with Crippen LogP contribution in [-0.4, -0.2) is 22.1 Å². The highest BCUT2D eigenvalue weighted by atomic mass is 15.1. The molecule has 1 fully saturated rings. The van der Waals surface area contributed by atoms with E-state index in [1.54, 1.807) is 12.3 Å². The van der Waals surface area contributed by atoms with Crippen LogP contribution in [0.25, 0.3) is 0 Å². The largest absolute Gasteiger partial charge is 0.384 e. The number of aromatic nitrogens is 2. The van der Waals surface area contributed by atoms with E-state index in [4.69, 9.17) is 11.5 Å². The minimum Gasteiger partial charge on any atom is -0.384 e. The molecular weight excluding hydrogens is 202 g/mol. The maximum Gasteiger partial charge on any atom is 0.224 e. The van der Waals surface area contributed by atoms with Crippen LogP contribution in [0.4, 0.5) is 11.8 Å². The molecule has 0 saturated heterocycles. The van der Waals surface area contributed by atoms with Crippen LogP contribution in [0, 0.1) is 5.92 Å². The van der Waals surface area contributed by atoms with Crippen LogP contribution >= 0.6 is 0 Å². The van der Waals surface area contributed by atoms with Crippen LogP contribution in [0.3, 0.4) is 0 Å². The average molecular weight is 221 g/mol. The van der Waals surface area contributed by atoms with Crippen molar-refractivity contribution in [1.29, 1.82) is 0 Å². The number of nitrogen functional groups attached to an aromatic ring is 1. The van der Waals surface area contributed by atoms with Gasteiger partial charge in [0.05, 0.1) is 0 Å². The summed E-state index contributed by atoms with van der Waals surface area (Å²) in [7, 11) is 0. The molecule has 2 rings (SSSR count). The fraction of sp³-hybridized carbons (Fsp3) is 0.636. The van der Waals surface area contributed by atoms with Gasteiger partial charge in [-0.1, -0.05) is 13.3 Å². The second-order valence-electron chi connectivity index (χ2n) is 4.54. The van der Waals surface area contributed by atoms with Gasteiger partial charge in [0.2, 0.25) is 5.95 Å². The van der Waals surface area contributed by atoms with E-state index in [1.807, 2.05) is 0 Å². The van der Waals surface area contributed by atoms with E-state index in [2.05, 4.69) is 22.2 Å². The lowest BCUT2D eigenvalue weighted by Crippen LogP contribution is -2.47. The first-order valence-electron chi connectivity index (χ1n) is 5.77. The number of hydrogen-bond acceptors (Lipinski definition) is 5. The summed E-state index contributed by atoms with van der Waals surface area (Å²) in [6.07, 6.45) is 5.14. The standard InChI is InChI=1S/C11H19N5/c1-7-3-2-4-8(10(7)13)15-11-14-6-5-9(12)16-11/h5-8,10H,2-4,13H2,1H3,(H3,12,14,15,16). The van der Waals surface area contributed by atoms with E-state index in [-0.39, 0.29) is 12.1 Å². The maximum absolute atomic E-state index is 6.16. The summed E-state index contributed by atoms with van der Waals surface area (Å²) in [6.45, 7) is 2.19. The summed E-state index contributed by atoms with van der Waals surface area (Å²) < 4.78 is 0. The van der Waals surface area contributed by atoms with Crippen LogP contribution in [-0.2, 0) is 0 Å². The van der Waals surface area contributed by atoms with Crippen molar-refractivity contribution < 1.29 is 0 Å². The quantitative estimate of drug-likeness (QED) is 0.692. The minimum absolute atomic E-state index is 0.166. The number of anilines is 2. The monoisotopic (exact) mass is 221 g/mol. The van der Waals surface area contributed by atoms with E-state index >= 15 is 0 Å². The van der Waals surface area contributed by atoms with Gasteiger partial charge in [-0.2, -0.15) is 4.98 Å². The molecule has 0 bridgehead atoms. The molecule has 5 N–H and O–H groups in total. The van der Waals surface area contributed by atoms with Gasteiger partial charge in [0.1, 0.15) is 5.82 Å². The number of hydrogen-bond donors (Lipinski definition) is 3. The lowest BCUT2D eigenvalue weighted by atomic mass is 9.83. The van der Waals surface area contributed by atoms with Crippen molar-refractivity contribution in [1.82, 2.24) is 9.97 Å². The zero-order chi connectivity index (χ0) is 11.5. The van der Waals surface area contributed by atoms with E-state index < -0.39 is 0 Å². The van der Waals surface area contributed by atoms with Crippen molar-refractivity contribution >= 4 is 11.8 Å². The molecule has 1 aromatic rings. The summed E-state index contributed by atoms with van der Waals surface area (Å²) in [5, 5.41) is 3.27. The first kappa shape index (κ1) is 11.1. The lowest BCUT2D eigenvalue weighted by Gasteiger charge is -2.34. The van der Waals surface area contributed by atoms with Crippen LogP contribution in [0.1, 0.15) is 26.2 Å². The Kier molecular flexibility index (Phi) is 3.24. The van der Waals surface area contributed by atoms with Gasteiger partial charge in [0.15, 0.2) is 0 Å². The average Bonchev–Trinajstić information content (AvgIpc) is 2.25. The highest BCUT2D eigenvalue weighted by molar-refractivity contribution is 5.36. The molecule has 1 aromatic heterocycles. The van der Waals surface area contributed by atoms with Crippen molar-refractivity contribution in [3.63, 3.8) is 0 Å². The SMILES string of the molecule is CC1CCCC(Nc2nccc(N)n2)C1N. The van der Waals surface area contributed by atoms with E-state index in [0.717, 1.165) is 6.42 Å². The van der Waals surface area contributed by atoms with Crippen molar-refractivity contribution in [2.24, 2.45) is 11.7 Å². The highest BCUT2D eigenvalue weighted by Gasteiger charge is 2.27. The fourth-order valence-electron chi connectivity index (χ4n) is 2.22. The topological polar surface area (TPSA) is 89.8 Å². The zero-order valence-electron chi connectivity index (χ0n) is 9.56. The van der Waals surface area contributed by atoms with Crippen LogP contribution in [0.5, 0.6) is 0 Å². The van der Waals surface area contributed by atoms with Crippen molar-refractivity contribution in [2.45, 2.75) is 38.3 Å². The molecule has 1 saturated carbocycles. The molecule has 1 aliphatic rings. The summed E-state index contributed by atoms with van der Waals surface area (Å²) in [4.78, 5) is 8.26. The Morgan fingerprint density at radius 3 is 3.00 bits per heavy atom. The molecule has 5 nitrogen and oxygen atoms in total. The fourth-order valence-corrected chi connectivity index (χ4v) is 2.22. The lowest BCUT2D eigenvalue weighted by molar-refractivity contribution is 0.305. The zero-order valence-corrected chi connectivity index (χ0v) is 9.56. The molecule has 0 aromatic carbocycles. The van der Waals surface area contributed by atoms with Gasteiger partial charge < -0.3 is 16.8 Å². The van der Waals surface area contributed by atoms with E-state index in [9.17, 15) is 0 Å². The Balaban J connectivity index is 2.03. The molecule has 0 aliphatic heterocycles. The van der Waals surface area contributed by atoms with Gasteiger partial charge >= 0.3 is 0 Å². The molecule has 3 unspecified atom stereocenters. The third kappa shape index (κ3) is 2.41. The molecule has 1 aliphatic carbocycles. The van der Waals surface area contributed by atoms with E-state index in [0.29, 0.717) is 17.7 Å². The molecule has 0 spiro atoms. The number of nitrogens with zero attached hydrogens (tertiary/aromatic N) is 2. The van der Waals surface area contributed by atoms with Crippen LogP contribution in [0.2, 0.25) is 0 Å². The Hall–Kier alpha value is -1.36. The normalized spacial score (nSPS) is 30.0. The number of nitrogens with one attached hydrogen (secondary N) is 1. The first-order chi connectivity index (χ1) is 7.66. The summed E-state index contributed by atoms with van der Waals surface area (Å²) in [6, 6.07) is 2.10.